The summed E-state index contributed by atoms with van der Waals surface area (Å²) in [5.74, 6) is -0.801. The number of carbonyl (C=O) groups excluding carboxylic acids is 2. The van der Waals surface area contributed by atoms with Gasteiger partial charge in [0.2, 0.25) is 0 Å². The van der Waals surface area contributed by atoms with E-state index in [0.29, 0.717) is 41.3 Å². The smallest absolute Gasteiger partial charge is 0.336 e. The number of benzene rings is 2. The molecule has 1 N–H and O–H groups in total. The molecule has 2 aromatic carbocycles. The first-order valence-corrected chi connectivity index (χ1v) is 11.1. The summed E-state index contributed by atoms with van der Waals surface area (Å²) in [6, 6.07) is 17.4. The molecule has 4 rings (SSSR count). The van der Waals surface area contributed by atoms with Gasteiger partial charge in [0.1, 0.15) is 6.61 Å². The molecule has 2 atom stereocenters. The quantitative estimate of drug-likeness (QED) is 0.500. The topological polar surface area (TPSA) is 64.6 Å². The number of halogens is 1. The van der Waals surface area contributed by atoms with Gasteiger partial charge in [0.15, 0.2) is 5.78 Å². The molecule has 5 nitrogen and oxygen atoms in total. The Morgan fingerprint density at radius 2 is 1.75 bits per heavy atom. The first-order chi connectivity index (χ1) is 15.5. The minimum Gasteiger partial charge on any atom is -0.460 e. The number of nitrogens with one attached hydrogen (secondary N) is 1. The van der Waals surface area contributed by atoms with Crippen LogP contribution in [-0.4, -0.2) is 32.1 Å². The van der Waals surface area contributed by atoms with Crippen LogP contribution in [0.4, 0.5) is 0 Å². The molecule has 0 unspecified atom stereocenters. The first-order valence-electron chi connectivity index (χ1n) is 10.7. The van der Waals surface area contributed by atoms with Crippen LogP contribution in [0.3, 0.4) is 0 Å². The molecule has 1 aliphatic heterocycles. The first kappa shape index (κ1) is 22.3. The average molecular weight is 452 g/mol. The second-order valence-electron chi connectivity index (χ2n) is 8.11. The third-order valence-electron chi connectivity index (χ3n) is 6.04. The fourth-order valence-corrected chi connectivity index (χ4v) is 4.68. The number of methoxy groups -OCH3 is 1. The van der Waals surface area contributed by atoms with Gasteiger partial charge in [-0.2, -0.15) is 0 Å². The fourth-order valence-electron chi connectivity index (χ4n) is 4.55. The predicted octanol–water partition coefficient (Wildman–Crippen LogP) is 4.89. The van der Waals surface area contributed by atoms with Crippen LogP contribution in [-0.2, 0) is 19.1 Å². The summed E-state index contributed by atoms with van der Waals surface area (Å²) in [6.45, 7) is 2.31. The lowest BCUT2D eigenvalue weighted by molar-refractivity contribution is -0.140. The summed E-state index contributed by atoms with van der Waals surface area (Å²) in [5, 5.41) is 3.96. The number of dihydropyridines is 1. The average Bonchev–Trinajstić information content (AvgIpc) is 2.79. The minimum absolute atomic E-state index is 0.0437. The van der Waals surface area contributed by atoms with Gasteiger partial charge in [-0.3, -0.25) is 4.79 Å². The number of hydrogen-bond acceptors (Lipinski definition) is 5. The lowest BCUT2D eigenvalue weighted by Crippen LogP contribution is -2.36. The van der Waals surface area contributed by atoms with Crippen LogP contribution in [0.1, 0.15) is 42.7 Å². The predicted molar refractivity (Wildman–Crippen MR) is 123 cm³/mol. The second-order valence-corrected chi connectivity index (χ2v) is 8.54. The maximum atomic E-state index is 13.5. The molecule has 1 heterocycles. The van der Waals surface area contributed by atoms with E-state index in [0.717, 1.165) is 16.8 Å². The zero-order chi connectivity index (χ0) is 22.7. The van der Waals surface area contributed by atoms with Crippen LogP contribution < -0.4 is 5.32 Å². The van der Waals surface area contributed by atoms with Gasteiger partial charge >= 0.3 is 5.97 Å². The molecule has 6 heteroatoms. The van der Waals surface area contributed by atoms with Crippen molar-refractivity contribution < 1.29 is 19.1 Å². The number of ketones is 1. The Labute approximate surface area is 193 Å². The highest BCUT2D eigenvalue weighted by molar-refractivity contribution is 6.30. The largest absolute Gasteiger partial charge is 0.460 e. The summed E-state index contributed by atoms with van der Waals surface area (Å²) in [4.78, 5) is 26.5. The summed E-state index contributed by atoms with van der Waals surface area (Å²) in [6.07, 6.45) is 1.11. The molecule has 0 fully saturated rings. The fraction of sp³-hybridized carbons (Fsp3) is 0.308. The van der Waals surface area contributed by atoms with Crippen LogP contribution in [0, 0.1) is 0 Å². The standard InChI is InChI=1S/C26H26ClNO4/c1-16-23(26(30)32-13-12-31-2)24(18-8-10-20(27)11-9-18)25-21(28-16)14-19(15-22(25)29)17-6-4-3-5-7-17/h3-11,19,24,28H,12-15H2,1-2H3/t19-,24-/m0/s1. The zero-order valence-electron chi connectivity index (χ0n) is 18.2. The molecule has 1 aliphatic carbocycles. The Morgan fingerprint density at radius 3 is 2.44 bits per heavy atom. The monoisotopic (exact) mass is 451 g/mol. The Morgan fingerprint density at radius 1 is 1.03 bits per heavy atom. The highest BCUT2D eigenvalue weighted by Gasteiger charge is 2.41. The molecule has 166 valence electrons. The Balaban J connectivity index is 1.74. The number of carbonyl (C=O) groups is 2. The van der Waals surface area contributed by atoms with Gasteiger partial charge in [-0.1, -0.05) is 54.1 Å². The number of hydrogen-bond donors (Lipinski definition) is 1. The van der Waals surface area contributed by atoms with E-state index in [2.05, 4.69) is 17.4 Å². The Hall–Kier alpha value is -2.89. The van der Waals surface area contributed by atoms with E-state index in [1.807, 2.05) is 37.3 Å². The molecular weight excluding hydrogens is 426 g/mol. The van der Waals surface area contributed by atoms with Gasteiger partial charge in [-0.15, -0.1) is 0 Å². The van der Waals surface area contributed by atoms with Crippen molar-refractivity contribution in [1.82, 2.24) is 5.32 Å². The van der Waals surface area contributed by atoms with E-state index in [1.165, 1.54) is 0 Å². The van der Waals surface area contributed by atoms with Crippen molar-refractivity contribution in [2.75, 3.05) is 20.3 Å². The molecule has 2 aliphatic rings. The molecule has 0 spiro atoms. The Bertz CT molecular complexity index is 1070. The van der Waals surface area contributed by atoms with Crippen LogP contribution >= 0.6 is 11.6 Å². The SMILES string of the molecule is COCCOC(=O)C1=C(C)NC2=C(C(=O)C[C@@H](c3ccccc3)C2)[C@H]1c1ccc(Cl)cc1. The number of ether oxygens (including phenoxy) is 2. The minimum atomic E-state index is -0.497. The van der Waals surface area contributed by atoms with Crippen LogP contribution in [0.25, 0.3) is 0 Å². The van der Waals surface area contributed by atoms with Crippen molar-refractivity contribution in [3.05, 3.63) is 93.3 Å². The second kappa shape index (κ2) is 9.72. The van der Waals surface area contributed by atoms with Crippen LogP contribution in [0.2, 0.25) is 5.02 Å². The molecule has 0 aromatic heterocycles. The van der Waals surface area contributed by atoms with Crippen molar-refractivity contribution in [2.24, 2.45) is 0 Å². The third-order valence-corrected chi connectivity index (χ3v) is 6.29. The van der Waals surface area contributed by atoms with E-state index in [-0.39, 0.29) is 18.3 Å². The van der Waals surface area contributed by atoms with E-state index in [1.54, 1.807) is 19.2 Å². The number of rotatable bonds is 6. The lowest BCUT2D eigenvalue weighted by Gasteiger charge is -2.36. The maximum absolute atomic E-state index is 13.5. The summed E-state index contributed by atoms with van der Waals surface area (Å²) in [5.41, 5.74) is 4.66. The van der Waals surface area contributed by atoms with Crippen LogP contribution in [0.5, 0.6) is 0 Å². The van der Waals surface area contributed by atoms with Gasteiger partial charge in [-0.25, -0.2) is 4.79 Å². The van der Waals surface area contributed by atoms with E-state index in [4.69, 9.17) is 21.1 Å². The number of esters is 1. The number of Topliss-reactive ketones (excluding diaryl/α,β-unsaturated/α-hetero) is 1. The Kier molecular flexibility index (Phi) is 6.77. The molecule has 2 aromatic rings. The molecule has 32 heavy (non-hydrogen) atoms. The van der Waals surface area contributed by atoms with Gasteiger partial charge in [0.05, 0.1) is 12.2 Å². The van der Waals surface area contributed by atoms with Crippen molar-refractivity contribution in [1.29, 1.82) is 0 Å². The van der Waals surface area contributed by atoms with E-state index in [9.17, 15) is 9.59 Å². The summed E-state index contributed by atoms with van der Waals surface area (Å²) >= 11 is 6.11. The van der Waals surface area contributed by atoms with E-state index >= 15 is 0 Å². The summed E-state index contributed by atoms with van der Waals surface area (Å²) in [7, 11) is 1.55. The molecule has 0 radical (unpaired) electrons. The normalized spacial score (nSPS) is 20.7. The molecular formula is C26H26ClNO4. The number of allylic oxidation sites excluding steroid dienone is 3. The molecule has 0 saturated heterocycles. The van der Waals surface area contributed by atoms with Crippen molar-refractivity contribution in [3.63, 3.8) is 0 Å². The maximum Gasteiger partial charge on any atom is 0.336 e. The van der Waals surface area contributed by atoms with E-state index < -0.39 is 11.9 Å². The van der Waals surface area contributed by atoms with Gasteiger partial charge in [0.25, 0.3) is 0 Å². The highest BCUT2D eigenvalue weighted by atomic mass is 35.5. The van der Waals surface area contributed by atoms with Gasteiger partial charge < -0.3 is 14.8 Å². The van der Waals surface area contributed by atoms with Crippen molar-refractivity contribution in [2.45, 2.75) is 31.6 Å². The lowest BCUT2D eigenvalue weighted by atomic mass is 9.72. The third kappa shape index (κ3) is 4.50. The molecule has 0 saturated carbocycles. The molecule has 0 bridgehead atoms. The highest BCUT2D eigenvalue weighted by Crippen LogP contribution is 2.45. The summed E-state index contributed by atoms with van der Waals surface area (Å²) < 4.78 is 10.5. The van der Waals surface area contributed by atoms with Crippen LogP contribution in [0.15, 0.2) is 77.1 Å². The van der Waals surface area contributed by atoms with Crippen molar-refractivity contribution >= 4 is 23.4 Å². The van der Waals surface area contributed by atoms with Gasteiger partial charge in [0, 0.05) is 41.4 Å². The van der Waals surface area contributed by atoms with Gasteiger partial charge in [-0.05, 0) is 42.5 Å². The zero-order valence-corrected chi connectivity index (χ0v) is 18.9. The molecule has 0 amide bonds. The van der Waals surface area contributed by atoms with Crippen molar-refractivity contribution in [3.8, 4) is 0 Å².